The molecule has 1 aromatic heterocycles. The molecule has 8 heteroatoms. The van der Waals surface area contributed by atoms with Gasteiger partial charge in [-0.25, -0.2) is 9.71 Å². The summed E-state index contributed by atoms with van der Waals surface area (Å²) in [6.07, 6.45) is 3.49. The predicted molar refractivity (Wildman–Crippen MR) is 82.2 cm³/mol. The first kappa shape index (κ1) is 15.7. The summed E-state index contributed by atoms with van der Waals surface area (Å²) in [6.45, 7) is 7.08. The zero-order valence-corrected chi connectivity index (χ0v) is 13.6. The Bertz CT molecular complexity index is 521. The molecular weight excluding hydrogens is 296 g/mol. The van der Waals surface area contributed by atoms with E-state index in [-0.39, 0.29) is 0 Å². The van der Waals surface area contributed by atoms with E-state index in [0.717, 1.165) is 30.8 Å². The molecule has 1 saturated heterocycles. The molecule has 0 radical (unpaired) electrons. The van der Waals surface area contributed by atoms with Gasteiger partial charge in [-0.1, -0.05) is 6.92 Å². The highest BCUT2D eigenvalue weighted by atomic mass is 32.2. The Morgan fingerprint density at radius 3 is 2.70 bits per heavy atom. The predicted octanol–water partition coefficient (Wildman–Crippen LogP) is 1.43. The molecular formula is C12H22N4O2S2. The number of anilines is 1. The van der Waals surface area contributed by atoms with Gasteiger partial charge < -0.3 is 5.32 Å². The van der Waals surface area contributed by atoms with E-state index >= 15 is 0 Å². The summed E-state index contributed by atoms with van der Waals surface area (Å²) in [5, 5.41) is 3.76. The van der Waals surface area contributed by atoms with Crippen LogP contribution >= 0.6 is 11.3 Å². The third-order valence-corrected chi connectivity index (χ3v) is 5.89. The van der Waals surface area contributed by atoms with Gasteiger partial charge in [0.25, 0.3) is 0 Å². The number of hydrogen-bond acceptors (Lipinski definition) is 5. The number of aromatic nitrogens is 1. The normalized spacial score (nSPS) is 18.3. The smallest absolute Gasteiger partial charge is 0.303 e. The van der Waals surface area contributed by atoms with E-state index in [1.165, 1.54) is 15.6 Å². The average Bonchev–Trinajstić information content (AvgIpc) is 2.81. The molecule has 1 aliphatic rings. The maximum absolute atomic E-state index is 12.3. The number of piperidine rings is 1. The molecule has 1 fully saturated rings. The zero-order valence-electron chi connectivity index (χ0n) is 11.9. The number of nitrogens with zero attached hydrogens (tertiary/aromatic N) is 2. The Hall–Kier alpha value is -0.700. The van der Waals surface area contributed by atoms with Crippen molar-refractivity contribution in [2.24, 2.45) is 5.92 Å². The molecule has 6 nitrogen and oxygen atoms in total. The minimum absolute atomic E-state index is 0.442. The molecule has 20 heavy (non-hydrogen) atoms. The van der Waals surface area contributed by atoms with Crippen molar-refractivity contribution in [3.8, 4) is 0 Å². The monoisotopic (exact) mass is 318 g/mol. The average molecular weight is 318 g/mol. The molecule has 1 aliphatic heterocycles. The number of rotatable bonds is 6. The van der Waals surface area contributed by atoms with Crippen LogP contribution in [-0.4, -0.2) is 43.9 Å². The fraction of sp³-hybridized carbons (Fsp3) is 0.750. The van der Waals surface area contributed by atoms with Crippen LogP contribution in [0.5, 0.6) is 0 Å². The van der Waals surface area contributed by atoms with Gasteiger partial charge in [0, 0.05) is 24.2 Å². The summed E-state index contributed by atoms with van der Waals surface area (Å²) >= 11 is 1.35. The van der Waals surface area contributed by atoms with E-state index in [0.29, 0.717) is 24.1 Å². The molecule has 0 saturated carbocycles. The van der Waals surface area contributed by atoms with Crippen molar-refractivity contribution in [3.05, 3.63) is 11.1 Å². The first-order valence-corrected chi connectivity index (χ1v) is 9.18. The van der Waals surface area contributed by atoms with Crippen molar-refractivity contribution in [1.82, 2.24) is 14.6 Å². The maximum Gasteiger partial charge on any atom is 0.303 e. The molecule has 2 heterocycles. The third-order valence-electron chi connectivity index (χ3n) is 3.43. The van der Waals surface area contributed by atoms with Gasteiger partial charge in [-0.2, -0.15) is 12.7 Å². The highest BCUT2D eigenvalue weighted by Gasteiger charge is 2.28. The van der Waals surface area contributed by atoms with E-state index in [1.54, 1.807) is 6.20 Å². The highest BCUT2D eigenvalue weighted by molar-refractivity contribution is 7.90. The topological polar surface area (TPSA) is 74.3 Å². The van der Waals surface area contributed by atoms with Crippen LogP contribution < -0.4 is 10.0 Å². The van der Waals surface area contributed by atoms with Gasteiger partial charge in [0.15, 0.2) is 5.13 Å². The number of thiazole rings is 1. The molecule has 0 aliphatic carbocycles. The molecule has 2 N–H and O–H groups in total. The van der Waals surface area contributed by atoms with Crippen LogP contribution in [0, 0.1) is 12.8 Å². The van der Waals surface area contributed by atoms with Crippen LogP contribution in [0.4, 0.5) is 5.13 Å². The lowest BCUT2D eigenvalue weighted by atomic mass is 9.98. The van der Waals surface area contributed by atoms with Crippen LogP contribution in [0.2, 0.25) is 0 Å². The Labute approximate surface area is 124 Å². The summed E-state index contributed by atoms with van der Waals surface area (Å²) < 4.78 is 28.6. The minimum Gasteiger partial charge on any atom is -0.317 e. The second-order valence-electron chi connectivity index (χ2n) is 5.03. The number of hydrogen-bond donors (Lipinski definition) is 2. The van der Waals surface area contributed by atoms with Crippen LogP contribution in [0.1, 0.15) is 24.6 Å². The van der Waals surface area contributed by atoms with Gasteiger partial charge in [-0.3, -0.25) is 0 Å². The van der Waals surface area contributed by atoms with Crippen molar-refractivity contribution in [3.63, 3.8) is 0 Å². The summed E-state index contributed by atoms with van der Waals surface area (Å²) in [6, 6.07) is 0. The summed E-state index contributed by atoms with van der Waals surface area (Å²) in [5.41, 5.74) is 0. The van der Waals surface area contributed by atoms with Crippen molar-refractivity contribution in [1.29, 1.82) is 0 Å². The van der Waals surface area contributed by atoms with Crippen molar-refractivity contribution < 1.29 is 8.42 Å². The van der Waals surface area contributed by atoms with E-state index < -0.39 is 10.2 Å². The van der Waals surface area contributed by atoms with Gasteiger partial charge in [0.2, 0.25) is 0 Å². The van der Waals surface area contributed by atoms with E-state index in [4.69, 9.17) is 0 Å². The van der Waals surface area contributed by atoms with Gasteiger partial charge in [0.1, 0.15) is 0 Å². The van der Waals surface area contributed by atoms with E-state index in [1.807, 2.05) is 6.92 Å². The number of aryl methyl sites for hydroxylation is 1. The molecule has 0 aromatic carbocycles. The minimum atomic E-state index is -3.46. The van der Waals surface area contributed by atoms with Gasteiger partial charge in [-0.15, -0.1) is 11.3 Å². The summed E-state index contributed by atoms with van der Waals surface area (Å²) in [5.74, 6) is 0.573. The lowest BCUT2D eigenvalue weighted by Gasteiger charge is -2.31. The lowest BCUT2D eigenvalue weighted by molar-refractivity contribution is 0.269. The van der Waals surface area contributed by atoms with Crippen molar-refractivity contribution in [2.75, 3.05) is 30.9 Å². The quantitative estimate of drug-likeness (QED) is 0.832. The maximum atomic E-state index is 12.3. The highest BCUT2D eigenvalue weighted by Crippen LogP contribution is 2.22. The Balaban J connectivity index is 1.88. The van der Waals surface area contributed by atoms with Crippen LogP contribution in [-0.2, 0) is 10.2 Å². The lowest BCUT2D eigenvalue weighted by Crippen LogP contribution is -2.43. The molecule has 114 valence electrons. The standard InChI is InChI=1S/C12H22N4O2S2/c1-3-13-9-11-4-6-16(7-5-11)20(17,18)15-12-14-8-10(2)19-12/h8,11,13H,3-7,9H2,1-2H3,(H,14,15). The first-order chi connectivity index (χ1) is 9.51. The SMILES string of the molecule is CCNCC1CCN(S(=O)(=O)Nc2ncc(C)s2)CC1. The summed E-state index contributed by atoms with van der Waals surface area (Å²) in [7, 11) is -3.46. The van der Waals surface area contributed by atoms with E-state index in [9.17, 15) is 8.42 Å². The van der Waals surface area contributed by atoms with E-state index in [2.05, 4.69) is 21.9 Å². The Kier molecular flexibility index (Phi) is 5.36. The van der Waals surface area contributed by atoms with Crippen LogP contribution in [0.25, 0.3) is 0 Å². The molecule has 0 amide bonds. The van der Waals surface area contributed by atoms with Crippen LogP contribution in [0.3, 0.4) is 0 Å². The molecule has 2 rings (SSSR count). The fourth-order valence-corrected chi connectivity index (χ4v) is 4.37. The van der Waals surface area contributed by atoms with Gasteiger partial charge in [0.05, 0.1) is 0 Å². The Morgan fingerprint density at radius 1 is 1.45 bits per heavy atom. The van der Waals surface area contributed by atoms with Crippen molar-refractivity contribution in [2.45, 2.75) is 26.7 Å². The second-order valence-corrected chi connectivity index (χ2v) is 7.94. The molecule has 0 bridgehead atoms. The van der Waals surface area contributed by atoms with Gasteiger partial charge in [-0.05, 0) is 38.8 Å². The molecule has 0 unspecified atom stereocenters. The second kappa shape index (κ2) is 6.84. The fourth-order valence-electron chi connectivity index (χ4n) is 2.28. The molecule has 0 atom stereocenters. The number of nitrogens with one attached hydrogen (secondary N) is 2. The molecule has 1 aromatic rings. The zero-order chi connectivity index (χ0) is 14.6. The van der Waals surface area contributed by atoms with Gasteiger partial charge >= 0.3 is 10.2 Å². The first-order valence-electron chi connectivity index (χ1n) is 6.92. The largest absolute Gasteiger partial charge is 0.317 e. The van der Waals surface area contributed by atoms with Crippen molar-refractivity contribution >= 4 is 26.7 Å². The molecule has 0 spiro atoms. The Morgan fingerprint density at radius 2 is 2.15 bits per heavy atom. The third kappa shape index (κ3) is 4.15. The summed E-state index contributed by atoms with van der Waals surface area (Å²) in [4.78, 5) is 5.04. The van der Waals surface area contributed by atoms with Crippen LogP contribution in [0.15, 0.2) is 6.20 Å².